The molecule has 1 nitrogen and oxygen atoms in total. The van der Waals surface area contributed by atoms with E-state index in [0.717, 1.165) is 18.2 Å². The fourth-order valence-electron chi connectivity index (χ4n) is 2.78. The summed E-state index contributed by atoms with van der Waals surface area (Å²) in [6.07, 6.45) is 0.909. The van der Waals surface area contributed by atoms with Crippen LogP contribution in [0.5, 0.6) is 0 Å². The molecule has 3 heteroatoms. The molecular weight excluding hydrogens is 244 g/mol. The van der Waals surface area contributed by atoms with Gasteiger partial charge in [-0.1, -0.05) is 25.1 Å². The third-order valence-corrected chi connectivity index (χ3v) is 3.68. The van der Waals surface area contributed by atoms with E-state index in [2.05, 4.69) is 18.3 Å². The maximum absolute atomic E-state index is 13.3. The summed E-state index contributed by atoms with van der Waals surface area (Å²) < 4.78 is 26.7. The molecule has 2 unspecified atom stereocenters. The summed E-state index contributed by atoms with van der Waals surface area (Å²) in [5.41, 5.74) is 2.97. The maximum atomic E-state index is 13.3. The van der Waals surface area contributed by atoms with Crippen molar-refractivity contribution in [2.75, 3.05) is 5.32 Å². The van der Waals surface area contributed by atoms with Crippen LogP contribution < -0.4 is 5.32 Å². The smallest absolute Gasteiger partial charge is 0.126 e. The Balaban J connectivity index is 1.98. The van der Waals surface area contributed by atoms with Crippen LogP contribution in [0.15, 0.2) is 42.5 Å². The third kappa shape index (κ3) is 2.33. The highest BCUT2D eigenvalue weighted by Crippen LogP contribution is 2.36. The van der Waals surface area contributed by atoms with E-state index in [-0.39, 0.29) is 12.0 Å². The second-order valence-electron chi connectivity index (χ2n) is 5.16. The van der Waals surface area contributed by atoms with Gasteiger partial charge in [0.05, 0.1) is 6.04 Å². The molecule has 0 aromatic heterocycles. The Morgan fingerprint density at radius 1 is 1.05 bits per heavy atom. The molecule has 0 fully saturated rings. The van der Waals surface area contributed by atoms with Crippen LogP contribution in [-0.2, 0) is 6.42 Å². The van der Waals surface area contributed by atoms with Crippen LogP contribution >= 0.6 is 0 Å². The molecule has 0 spiro atoms. The van der Waals surface area contributed by atoms with Crippen molar-refractivity contribution in [1.82, 2.24) is 0 Å². The van der Waals surface area contributed by atoms with Gasteiger partial charge in [0.1, 0.15) is 11.6 Å². The summed E-state index contributed by atoms with van der Waals surface area (Å²) in [5.74, 6) is -0.762. The largest absolute Gasteiger partial charge is 0.378 e. The molecule has 0 aliphatic carbocycles. The van der Waals surface area contributed by atoms with E-state index in [1.165, 1.54) is 17.7 Å². The van der Waals surface area contributed by atoms with Gasteiger partial charge >= 0.3 is 0 Å². The molecule has 0 saturated carbocycles. The van der Waals surface area contributed by atoms with Gasteiger partial charge in [0.15, 0.2) is 0 Å². The fourth-order valence-corrected chi connectivity index (χ4v) is 2.78. The number of para-hydroxylation sites is 1. The second kappa shape index (κ2) is 4.65. The zero-order valence-electron chi connectivity index (χ0n) is 10.7. The molecule has 2 aromatic rings. The first kappa shape index (κ1) is 12.2. The molecule has 1 N–H and O–H groups in total. The number of benzene rings is 2. The van der Waals surface area contributed by atoms with E-state index >= 15 is 0 Å². The van der Waals surface area contributed by atoms with E-state index in [1.54, 1.807) is 0 Å². The molecule has 98 valence electrons. The molecule has 0 amide bonds. The van der Waals surface area contributed by atoms with E-state index < -0.39 is 11.6 Å². The Bertz CT molecular complexity index is 589. The van der Waals surface area contributed by atoms with Gasteiger partial charge in [0.2, 0.25) is 0 Å². The van der Waals surface area contributed by atoms with Crippen LogP contribution in [-0.4, -0.2) is 0 Å². The summed E-state index contributed by atoms with van der Waals surface area (Å²) in [5, 5.41) is 3.38. The molecule has 0 saturated heterocycles. The van der Waals surface area contributed by atoms with Crippen LogP contribution in [0, 0.1) is 17.6 Å². The first-order valence-corrected chi connectivity index (χ1v) is 6.44. The monoisotopic (exact) mass is 259 g/mol. The van der Waals surface area contributed by atoms with Crippen molar-refractivity contribution in [3.63, 3.8) is 0 Å². The molecule has 1 aliphatic heterocycles. The highest BCUT2D eigenvalue weighted by molar-refractivity contribution is 5.55. The normalized spacial score (nSPS) is 21.6. The Hall–Kier alpha value is -1.90. The molecule has 19 heavy (non-hydrogen) atoms. The van der Waals surface area contributed by atoms with Gasteiger partial charge in [-0.2, -0.15) is 0 Å². The van der Waals surface area contributed by atoms with Gasteiger partial charge in [-0.25, -0.2) is 8.78 Å². The van der Waals surface area contributed by atoms with Gasteiger partial charge in [0.25, 0.3) is 0 Å². The minimum atomic E-state index is -0.525. The Kier molecular flexibility index (Phi) is 2.97. The van der Waals surface area contributed by atoms with Crippen LogP contribution in [0.25, 0.3) is 0 Å². The van der Waals surface area contributed by atoms with Crippen molar-refractivity contribution < 1.29 is 8.78 Å². The average molecular weight is 259 g/mol. The minimum absolute atomic E-state index is 0.0555. The quantitative estimate of drug-likeness (QED) is 0.804. The summed E-state index contributed by atoms with van der Waals surface area (Å²) in [7, 11) is 0. The number of nitrogens with one attached hydrogen (secondary N) is 1. The van der Waals surface area contributed by atoms with Crippen LogP contribution in [0.1, 0.15) is 24.1 Å². The lowest BCUT2D eigenvalue weighted by Crippen LogP contribution is -2.26. The first-order valence-electron chi connectivity index (χ1n) is 6.44. The van der Waals surface area contributed by atoms with Crippen molar-refractivity contribution in [3.05, 3.63) is 65.2 Å². The zero-order chi connectivity index (χ0) is 13.4. The van der Waals surface area contributed by atoms with Crippen LogP contribution in [0.3, 0.4) is 0 Å². The Morgan fingerprint density at radius 3 is 2.47 bits per heavy atom. The topological polar surface area (TPSA) is 12.0 Å². The van der Waals surface area contributed by atoms with Crippen LogP contribution in [0.4, 0.5) is 14.5 Å². The second-order valence-corrected chi connectivity index (χ2v) is 5.16. The van der Waals surface area contributed by atoms with Crippen molar-refractivity contribution >= 4 is 5.69 Å². The van der Waals surface area contributed by atoms with E-state index in [1.807, 2.05) is 18.2 Å². The van der Waals surface area contributed by atoms with E-state index in [4.69, 9.17) is 0 Å². The SMILES string of the molecule is CC1Cc2ccccc2NC1c1cc(F)cc(F)c1. The molecular formula is C16H15F2N. The summed E-state index contributed by atoms with van der Waals surface area (Å²) in [4.78, 5) is 0. The average Bonchev–Trinajstić information content (AvgIpc) is 2.36. The zero-order valence-corrected chi connectivity index (χ0v) is 10.7. The summed E-state index contributed by atoms with van der Waals surface area (Å²) in [6, 6.07) is 11.7. The predicted molar refractivity (Wildman–Crippen MR) is 72.0 cm³/mol. The van der Waals surface area contributed by atoms with Gasteiger partial charge < -0.3 is 5.32 Å². The lowest BCUT2D eigenvalue weighted by molar-refractivity contribution is 0.473. The number of hydrogen-bond acceptors (Lipinski definition) is 1. The minimum Gasteiger partial charge on any atom is -0.378 e. The van der Waals surface area contributed by atoms with Gasteiger partial charge in [-0.3, -0.25) is 0 Å². The Labute approximate surface area is 111 Å². The standard InChI is InChI=1S/C16H15F2N/c1-10-6-11-4-2-3-5-15(11)19-16(10)12-7-13(17)9-14(18)8-12/h2-5,7-10,16,19H,6H2,1H3. The highest BCUT2D eigenvalue weighted by Gasteiger charge is 2.26. The lowest BCUT2D eigenvalue weighted by Gasteiger charge is -2.33. The molecule has 0 bridgehead atoms. The van der Waals surface area contributed by atoms with Gasteiger partial charge in [0, 0.05) is 11.8 Å². The van der Waals surface area contributed by atoms with Gasteiger partial charge in [-0.15, -0.1) is 0 Å². The Morgan fingerprint density at radius 2 is 1.74 bits per heavy atom. The number of hydrogen-bond donors (Lipinski definition) is 1. The van der Waals surface area contributed by atoms with Crippen molar-refractivity contribution in [2.24, 2.45) is 5.92 Å². The van der Waals surface area contributed by atoms with Crippen molar-refractivity contribution in [3.8, 4) is 0 Å². The van der Waals surface area contributed by atoms with Crippen molar-refractivity contribution in [1.29, 1.82) is 0 Å². The van der Waals surface area contributed by atoms with Crippen molar-refractivity contribution in [2.45, 2.75) is 19.4 Å². The molecule has 2 atom stereocenters. The number of rotatable bonds is 1. The molecule has 0 radical (unpaired) electrons. The number of anilines is 1. The van der Waals surface area contributed by atoms with E-state index in [0.29, 0.717) is 5.56 Å². The third-order valence-electron chi connectivity index (χ3n) is 3.68. The molecule has 3 rings (SSSR count). The maximum Gasteiger partial charge on any atom is 0.126 e. The lowest BCUT2D eigenvalue weighted by atomic mass is 9.85. The summed E-state index contributed by atoms with van der Waals surface area (Å²) in [6.45, 7) is 2.09. The van der Waals surface area contributed by atoms with E-state index in [9.17, 15) is 8.78 Å². The summed E-state index contributed by atoms with van der Waals surface area (Å²) >= 11 is 0. The van der Waals surface area contributed by atoms with Crippen LogP contribution in [0.2, 0.25) is 0 Å². The van der Waals surface area contributed by atoms with Gasteiger partial charge in [-0.05, 0) is 41.7 Å². The number of fused-ring (bicyclic) bond motifs is 1. The fraction of sp³-hybridized carbons (Fsp3) is 0.250. The first-order chi connectivity index (χ1) is 9.13. The molecule has 1 aliphatic rings. The molecule has 2 aromatic carbocycles. The highest BCUT2D eigenvalue weighted by atomic mass is 19.1. The molecule has 1 heterocycles. The number of halogens is 2. The predicted octanol–water partition coefficient (Wildman–Crippen LogP) is 4.31.